The first kappa shape index (κ1) is 9.59. The van der Waals surface area contributed by atoms with Crippen LogP contribution in [0.3, 0.4) is 0 Å². The molecule has 0 unspecified atom stereocenters. The molecule has 1 aromatic carbocycles. The highest BCUT2D eigenvalue weighted by Gasteiger charge is 2.10. The summed E-state index contributed by atoms with van der Waals surface area (Å²) < 4.78 is 6.44. The smallest absolute Gasteiger partial charge is 0.142 e. The van der Waals surface area contributed by atoms with E-state index >= 15 is 0 Å². The van der Waals surface area contributed by atoms with Gasteiger partial charge in [-0.05, 0) is 28.4 Å². The predicted octanol–water partition coefficient (Wildman–Crippen LogP) is 3.50. The number of ether oxygens (including phenoxy) is 1. The topological polar surface area (TPSA) is 25.0 Å². The van der Waals surface area contributed by atoms with Crippen molar-refractivity contribution in [2.45, 2.75) is 13.3 Å². The summed E-state index contributed by atoms with van der Waals surface area (Å²) in [7, 11) is 1.69. The molecule has 1 heterocycles. The number of benzene rings is 1. The van der Waals surface area contributed by atoms with Crippen LogP contribution in [0.5, 0.6) is 5.75 Å². The van der Waals surface area contributed by atoms with Gasteiger partial charge in [0.2, 0.25) is 0 Å². The lowest BCUT2D eigenvalue weighted by Crippen LogP contribution is -1.83. The zero-order valence-corrected chi connectivity index (χ0v) is 9.81. The van der Waals surface area contributed by atoms with Gasteiger partial charge in [0.05, 0.1) is 12.6 Å². The summed E-state index contributed by atoms with van der Waals surface area (Å²) in [6.07, 6.45) is 0.985. The summed E-state index contributed by atoms with van der Waals surface area (Å²) in [6, 6.07) is 6.04. The molecule has 3 heteroatoms. The first-order valence-electron chi connectivity index (χ1n) is 4.61. The van der Waals surface area contributed by atoms with E-state index in [0.717, 1.165) is 22.2 Å². The highest BCUT2D eigenvalue weighted by Crippen LogP contribution is 2.33. The number of aryl methyl sites for hydroxylation is 1. The van der Waals surface area contributed by atoms with Gasteiger partial charge in [0.1, 0.15) is 5.75 Å². The Balaban J connectivity index is 2.77. The van der Waals surface area contributed by atoms with E-state index in [9.17, 15) is 0 Å². The Morgan fingerprint density at radius 2 is 2.21 bits per heavy atom. The molecule has 0 radical (unpaired) electrons. The maximum atomic E-state index is 5.29. The number of aromatic amines is 1. The molecule has 1 aromatic heterocycles. The van der Waals surface area contributed by atoms with Crippen LogP contribution in [-0.2, 0) is 6.42 Å². The van der Waals surface area contributed by atoms with E-state index in [2.05, 4.69) is 33.9 Å². The number of methoxy groups -OCH3 is 1. The molecule has 0 aliphatic heterocycles. The van der Waals surface area contributed by atoms with Gasteiger partial charge >= 0.3 is 0 Å². The molecule has 0 bridgehead atoms. The minimum Gasteiger partial charge on any atom is -0.495 e. The van der Waals surface area contributed by atoms with Crippen LogP contribution in [0.25, 0.3) is 10.9 Å². The quantitative estimate of drug-likeness (QED) is 0.871. The van der Waals surface area contributed by atoms with Gasteiger partial charge in [0.15, 0.2) is 0 Å². The number of nitrogens with one attached hydrogen (secondary N) is 1. The average molecular weight is 254 g/mol. The monoisotopic (exact) mass is 253 g/mol. The molecule has 0 saturated heterocycles. The van der Waals surface area contributed by atoms with Crippen LogP contribution in [0, 0.1) is 0 Å². The first-order valence-corrected chi connectivity index (χ1v) is 5.40. The fourth-order valence-electron chi connectivity index (χ4n) is 1.62. The molecule has 0 aliphatic carbocycles. The van der Waals surface area contributed by atoms with Crippen LogP contribution in [-0.4, -0.2) is 12.1 Å². The van der Waals surface area contributed by atoms with Crippen LogP contribution in [0.15, 0.2) is 22.7 Å². The van der Waals surface area contributed by atoms with Crippen molar-refractivity contribution in [2.24, 2.45) is 0 Å². The highest BCUT2D eigenvalue weighted by atomic mass is 79.9. The van der Waals surface area contributed by atoms with Gasteiger partial charge in [-0.2, -0.15) is 0 Å². The second-order valence-electron chi connectivity index (χ2n) is 3.15. The summed E-state index contributed by atoms with van der Waals surface area (Å²) in [6.45, 7) is 2.13. The molecule has 2 nitrogen and oxygen atoms in total. The summed E-state index contributed by atoms with van der Waals surface area (Å²) in [4.78, 5) is 3.36. The van der Waals surface area contributed by atoms with Crippen LogP contribution in [0.1, 0.15) is 12.6 Å². The van der Waals surface area contributed by atoms with E-state index in [1.165, 1.54) is 11.1 Å². The van der Waals surface area contributed by atoms with Gasteiger partial charge in [-0.25, -0.2) is 0 Å². The Morgan fingerprint density at radius 3 is 2.86 bits per heavy atom. The van der Waals surface area contributed by atoms with E-state index < -0.39 is 0 Å². The van der Waals surface area contributed by atoms with Crippen molar-refractivity contribution < 1.29 is 4.74 Å². The van der Waals surface area contributed by atoms with Crippen molar-refractivity contribution in [1.82, 2.24) is 4.98 Å². The lowest BCUT2D eigenvalue weighted by atomic mass is 10.2. The molecular weight excluding hydrogens is 242 g/mol. The molecule has 0 spiro atoms. The Labute approximate surface area is 91.4 Å². The van der Waals surface area contributed by atoms with Crippen LogP contribution >= 0.6 is 15.9 Å². The third kappa shape index (κ3) is 1.32. The number of para-hydroxylation sites is 1. The molecule has 0 atom stereocenters. The number of hydrogen-bond acceptors (Lipinski definition) is 1. The molecule has 2 aromatic rings. The van der Waals surface area contributed by atoms with Gasteiger partial charge in [-0.3, -0.25) is 0 Å². The van der Waals surface area contributed by atoms with Gasteiger partial charge in [0, 0.05) is 15.6 Å². The molecule has 2 rings (SSSR count). The van der Waals surface area contributed by atoms with Crippen molar-refractivity contribution >= 4 is 26.8 Å². The molecule has 0 fully saturated rings. The van der Waals surface area contributed by atoms with E-state index in [-0.39, 0.29) is 0 Å². The lowest BCUT2D eigenvalue weighted by Gasteiger charge is -1.99. The van der Waals surface area contributed by atoms with Crippen molar-refractivity contribution in [3.05, 3.63) is 28.4 Å². The average Bonchev–Trinajstić information content (AvgIpc) is 2.55. The minimum absolute atomic E-state index is 0.892. The number of aromatic nitrogens is 1. The number of halogens is 1. The molecule has 0 amide bonds. The highest BCUT2D eigenvalue weighted by molar-refractivity contribution is 9.10. The largest absolute Gasteiger partial charge is 0.495 e. The number of H-pyrrole nitrogens is 1. The normalized spacial score (nSPS) is 10.8. The van der Waals surface area contributed by atoms with E-state index in [1.54, 1.807) is 7.11 Å². The summed E-state index contributed by atoms with van der Waals surface area (Å²) >= 11 is 3.59. The second kappa shape index (κ2) is 3.65. The molecule has 0 saturated carbocycles. The van der Waals surface area contributed by atoms with Crippen LogP contribution in [0.4, 0.5) is 0 Å². The number of fused-ring (bicyclic) bond motifs is 1. The third-order valence-electron chi connectivity index (χ3n) is 2.38. The minimum atomic E-state index is 0.892. The van der Waals surface area contributed by atoms with E-state index in [1.807, 2.05) is 12.1 Å². The van der Waals surface area contributed by atoms with Crippen molar-refractivity contribution in [2.75, 3.05) is 7.11 Å². The maximum Gasteiger partial charge on any atom is 0.142 e. The molecule has 74 valence electrons. The fraction of sp³-hybridized carbons (Fsp3) is 0.273. The van der Waals surface area contributed by atoms with Gasteiger partial charge in [-0.15, -0.1) is 0 Å². The van der Waals surface area contributed by atoms with Gasteiger partial charge < -0.3 is 9.72 Å². The SMILES string of the molecule is CCc1[nH]c2c(OC)cccc2c1Br. The predicted molar refractivity (Wildman–Crippen MR) is 61.9 cm³/mol. The zero-order valence-electron chi connectivity index (χ0n) is 8.23. The van der Waals surface area contributed by atoms with Crippen LogP contribution in [0.2, 0.25) is 0 Å². The summed E-state index contributed by atoms with van der Waals surface area (Å²) in [5.41, 5.74) is 2.28. The summed E-state index contributed by atoms with van der Waals surface area (Å²) in [5.74, 6) is 0.892. The Morgan fingerprint density at radius 1 is 1.43 bits per heavy atom. The zero-order chi connectivity index (χ0) is 10.1. The summed E-state index contributed by atoms with van der Waals surface area (Å²) in [5, 5.41) is 1.18. The first-order chi connectivity index (χ1) is 6.77. The van der Waals surface area contributed by atoms with Gasteiger partial charge in [-0.1, -0.05) is 19.1 Å². The fourth-order valence-corrected chi connectivity index (χ4v) is 2.33. The van der Waals surface area contributed by atoms with Gasteiger partial charge in [0.25, 0.3) is 0 Å². The Kier molecular flexibility index (Phi) is 2.50. The standard InChI is InChI=1S/C11H12BrNO/c1-3-8-10(12)7-5-4-6-9(14-2)11(7)13-8/h4-6,13H,3H2,1-2H3. The van der Waals surface area contributed by atoms with Crippen LogP contribution < -0.4 is 4.74 Å². The molecule has 14 heavy (non-hydrogen) atoms. The lowest BCUT2D eigenvalue weighted by molar-refractivity contribution is 0.419. The second-order valence-corrected chi connectivity index (χ2v) is 3.95. The maximum absolute atomic E-state index is 5.29. The molecule has 1 N–H and O–H groups in total. The van der Waals surface area contributed by atoms with Crippen molar-refractivity contribution in [3.63, 3.8) is 0 Å². The molecule has 0 aliphatic rings. The van der Waals surface area contributed by atoms with Crippen molar-refractivity contribution in [1.29, 1.82) is 0 Å². The Hall–Kier alpha value is -0.960. The van der Waals surface area contributed by atoms with Crippen molar-refractivity contribution in [3.8, 4) is 5.75 Å². The third-order valence-corrected chi connectivity index (χ3v) is 3.28. The Bertz CT molecular complexity index is 462. The number of rotatable bonds is 2. The number of hydrogen-bond donors (Lipinski definition) is 1. The van der Waals surface area contributed by atoms with E-state index in [0.29, 0.717) is 0 Å². The molecular formula is C11H12BrNO. The van der Waals surface area contributed by atoms with E-state index in [4.69, 9.17) is 4.74 Å².